The minimum atomic E-state index is -0.917. The molecule has 1 atom stereocenters. The van der Waals surface area contributed by atoms with Crippen LogP contribution in [-0.4, -0.2) is 47.9 Å². The Labute approximate surface area is 101 Å². The Morgan fingerprint density at radius 2 is 1.88 bits per heavy atom. The van der Waals surface area contributed by atoms with E-state index in [0.29, 0.717) is 6.54 Å². The smallest absolute Gasteiger partial charge is 0.303 e. The van der Waals surface area contributed by atoms with Crippen LogP contribution in [0.15, 0.2) is 0 Å². The third-order valence-electron chi connectivity index (χ3n) is 2.39. The normalized spacial score (nSPS) is 11.7. The molecule has 0 saturated heterocycles. The Bertz CT molecular complexity index is 291. The van der Waals surface area contributed by atoms with Crippen LogP contribution < -0.4 is 5.32 Å². The molecule has 0 aromatic rings. The zero-order valence-corrected chi connectivity index (χ0v) is 10.5. The molecule has 2 amide bonds. The fourth-order valence-electron chi connectivity index (χ4n) is 1.43. The maximum absolute atomic E-state index is 11.8. The van der Waals surface area contributed by atoms with Crippen LogP contribution in [0.25, 0.3) is 0 Å². The molecule has 0 radical (unpaired) electrons. The van der Waals surface area contributed by atoms with Crippen LogP contribution in [0.3, 0.4) is 0 Å². The molecule has 6 nitrogen and oxygen atoms in total. The van der Waals surface area contributed by atoms with Crippen molar-refractivity contribution in [1.82, 2.24) is 10.2 Å². The molecule has 0 aromatic carbocycles. The number of hydrogen-bond acceptors (Lipinski definition) is 3. The summed E-state index contributed by atoms with van der Waals surface area (Å²) in [5.41, 5.74) is 0. The van der Waals surface area contributed by atoms with Gasteiger partial charge in [-0.05, 0) is 12.8 Å². The number of carboxylic acid groups (broad SMARTS) is 1. The molecule has 0 saturated carbocycles. The number of aliphatic carboxylic acids is 1. The molecule has 98 valence electrons. The molecule has 0 heterocycles. The largest absolute Gasteiger partial charge is 0.481 e. The Morgan fingerprint density at radius 1 is 1.29 bits per heavy atom. The van der Waals surface area contributed by atoms with E-state index in [0.717, 1.165) is 0 Å². The number of rotatable bonds is 7. The van der Waals surface area contributed by atoms with Crippen LogP contribution in [0, 0.1) is 5.92 Å². The molecule has 1 unspecified atom stereocenters. The lowest BCUT2D eigenvalue weighted by Crippen LogP contribution is -2.40. The van der Waals surface area contributed by atoms with Gasteiger partial charge in [-0.15, -0.1) is 0 Å². The number of hydrogen-bond donors (Lipinski definition) is 2. The molecule has 0 aliphatic heterocycles. The number of nitrogens with zero attached hydrogens (tertiary/aromatic N) is 1. The van der Waals surface area contributed by atoms with Gasteiger partial charge < -0.3 is 15.3 Å². The van der Waals surface area contributed by atoms with E-state index in [1.54, 1.807) is 13.8 Å². The Kier molecular flexibility index (Phi) is 6.93. The van der Waals surface area contributed by atoms with Gasteiger partial charge in [0.1, 0.15) is 0 Å². The average Bonchev–Trinajstić information content (AvgIpc) is 2.23. The first-order valence-corrected chi connectivity index (χ1v) is 5.60. The van der Waals surface area contributed by atoms with Crippen molar-refractivity contribution >= 4 is 17.8 Å². The van der Waals surface area contributed by atoms with Crippen molar-refractivity contribution in [3.05, 3.63) is 0 Å². The first-order valence-electron chi connectivity index (χ1n) is 5.60. The summed E-state index contributed by atoms with van der Waals surface area (Å²) in [6, 6.07) is 0. The van der Waals surface area contributed by atoms with Crippen LogP contribution in [-0.2, 0) is 14.4 Å². The van der Waals surface area contributed by atoms with Crippen molar-refractivity contribution in [2.75, 3.05) is 20.1 Å². The van der Waals surface area contributed by atoms with Crippen molar-refractivity contribution in [3.8, 4) is 0 Å². The average molecular weight is 244 g/mol. The molecule has 0 aromatic heterocycles. The van der Waals surface area contributed by atoms with Gasteiger partial charge in [-0.2, -0.15) is 0 Å². The maximum Gasteiger partial charge on any atom is 0.303 e. The van der Waals surface area contributed by atoms with E-state index in [1.807, 2.05) is 0 Å². The van der Waals surface area contributed by atoms with Crippen LogP contribution in [0.4, 0.5) is 0 Å². The fourth-order valence-corrected chi connectivity index (χ4v) is 1.43. The van der Waals surface area contributed by atoms with Crippen molar-refractivity contribution in [2.24, 2.45) is 5.92 Å². The third-order valence-corrected chi connectivity index (χ3v) is 2.39. The molecular weight excluding hydrogens is 224 g/mol. The van der Waals surface area contributed by atoms with E-state index in [9.17, 15) is 14.4 Å². The maximum atomic E-state index is 11.8. The molecule has 0 aliphatic carbocycles. The summed E-state index contributed by atoms with van der Waals surface area (Å²) in [6.07, 6.45) is 0.112. The summed E-state index contributed by atoms with van der Waals surface area (Å²) >= 11 is 0. The molecular formula is C11H20N2O4. The summed E-state index contributed by atoms with van der Waals surface area (Å²) in [6.45, 7) is 3.94. The summed E-state index contributed by atoms with van der Waals surface area (Å²) < 4.78 is 0. The van der Waals surface area contributed by atoms with Gasteiger partial charge in [-0.25, -0.2) is 0 Å². The van der Waals surface area contributed by atoms with Crippen LogP contribution in [0.5, 0.6) is 0 Å². The highest BCUT2D eigenvalue weighted by molar-refractivity contribution is 5.84. The van der Waals surface area contributed by atoms with Gasteiger partial charge >= 0.3 is 5.97 Å². The standard InChI is InChI=1S/C11H20N2O4/c1-4-13(7-9(14)12-3)10(15)5-8(2)6-11(16)17/h8H,4-7H2,1-3H3,(H,12,14)(H,16,17). The van der Waals surface area contributed by atoms with Gasteiger partial charge in [0.15, 0.2) is 0 Å². The van der Waals surface area contributed by atoms with Gasteiger partial charge in [-0.1, -0.05) is 6.92 Å². The van der Waals surface area contributed by atoms with E-state index >= 15 is 0 Å². The first-order chi connectivity index (χ1) is 7.90. The second-order valence-corrected chi connectivity index (χ2v) is 3.99. The van der Waals surface area contributed by atoms with Gasteiger partial charge in [0, 0.05) is 26.4 Å². The summed E-state index contributed by atoms with van der Waals surface area (Å²) in [5.74, 6) is -1.56. The monoisotopic (exact) mass is 244 g/mol. The van der Waals surface area contributed by atoms with Crippen LogP contribution in [0.1, 0.15) is 26.7 Å². The number of carbonyl (C=O) groups excluding carboxylic acids is 2. The van der Waals surface area contributed by atoms with Gasteiger partial charge in [-0.3, -0.25) is 14.4 Å². The third kappa shape index (κ3) is 6.55. The van der Waals surface area contributed by atoms with Crippen LogP contribution >= 0.6 is 0 Å². The lowest BCUT2D eigenvalue weighted by molar-refractivity contribution is -0.139. The minimum Gasteiger partial charge on any atom is -0.481 e. The number of likely N-dealkylation sites (N-methyl/N-ethyl adjacent to an activating group) is 2. The van der Waals surface area contributed by atoms with Gasteiger partial charge in [0.25, 0.3) is 0 Å². The van der Waals surface area contributed by atoms with Gasteiger partial charge in [0.2, 0.25) is 11.8 Å². The molecule has 0 fully saturated rings. The minimum absolute atomic E-state index is 0.0195. The Balaban J connectivity index is 4.25. The second kappa shape index (κ2) is 7.65. The zero-order chi connectivity index (χ0) is 13.4. The van der Waals surface area contributed by atoms with Crippen LogP contribution in [0.2, 0.25) is 0 Å². The van der Waals surface area contributed by atoms with E-state index in [4.69, 9.17) is 5.11 Å². The topological polar surface area (TPSA) is 86.7 Å². The number of amides is 2. The van der Waals surface area contributed by atoms with E-state index < -0.39 is 5.97 Å². The molecule has 17 heavy (non-hydrogen) atoms. The second-order valence-electron chi connectivity index (χ2n) is 3.99. The van der Waals surface area contributed by atoms with Crippen molar-refractivity contribution in [2.45, 2.75) is 26.7 Å². The summed E-state index contributed by atoms with van der Waals surface area (Å²) in [4.78, 5) is 34.8. The SMILES string of the molecule is CCN(CC(=O)NC)C(=O)CC(C)CC(=O)O. The molecule has 6 heteroatoms. The first kappa shape index (κ1) is 15.4. The fraction of sp³-hybridized carbons (Fsp3) is 0.727. The molecule has 0 spiro atoms. The predicted molar refractivity (Wildman–Crippen MR) is 62.4 cm³/mol. The van der Waals surface area contributed by atoms with Crippen molar-refractivity contribution < 1.29 is 19.5 Å². The zero-order valence-electron chi connectivity index (χ0n) is 10.5. The van der Waals surface area contributed by atoms with Gasteiger partial charge in [0.05, 0.1) is 6.54 Å². The molecule has 0 rings (SSSR count). The highest BCUT2D eigenvalue weighted by Crippen LogP contribution is 2.09. The van der Waals surface area contributed by atoms with E-state index in [1.165, 1.54) is 11.9 Å². The molecule has 0 aliphatic rings. The Hall–Kier alpha value is -1.59. The van der Waals surface area contributed by atoms with Crippen molar-refractivity contribution in [3.63, 3.8) is 0 Å². The summed E-state index contributed by atoms with van der Waals surface area (Å²) in [5, 5.41) is 11.0. The molecule has 0 bridgehead atoms. The van der Waals surface area contributed by atoms with E-state index in [-0.39, 0.29) is 37.1 Å². The highest BCUT2D eigenvalue weighted by atomic mass is 16.4. The lowest BCUT2D eigenvalue weighted by atomic mass is 10.0. The Morgan fingerprint density at radius 3 is 2.29 bits per heavy atom. The lowest BCUT2D eigenvalue weighted by Gasteiger charge is -2.21. The number of carbonyl (C=O) groups is 3. The van der Waals surface area contributed by atoms with E-state index in [2.05, 4.69) is 5.32 Å². The quantitative estimate of drug-likeness (QED) is 0.664. The predicted octanol–water partition coefficient (Wildman–Crippen LogP) is 0.0818. The molecule has 2 N–H and O–H groups in total. The number of nitrogens with one attached hydrogen (secondary N) is 1. The highest BCUT2D eigenvalue weighted by Gasteiger charge is 2.18. The number of carboxylic acids is 1. The van der Waals surface area contributed by atoms with Crippen molar-refractivity contribution in [1.29, 1.82) is 0 Å². The summed E-state index contributed by atoms with van der Waals surface area (Å²) in [7, 11) is 1.51.